The first-order valence-corrected chi connectivity index (χ1v) is 7.04. The molecule has 6 heteroatoms. The molecule has 1 unspecified atom stereocenters. The third kappa shape index (κ3) is 3.48. The summed E-state index contributed by atoms with van der Waals surface area (Å²) in [7, 11) is 0. The molecule has 1 saturated heterocycles. The molecule has 112 valence electrons. The van der Waals surface area contributed by atoms with E-state index in [4.69, 9.17) is 11.6 Å². The van der Waals surface area contributed by atoms with Crippen molar-refractivity contribution in [3.63, 3.8) is 0 Å². The molecule has 1 aromatic carbocycles. The smallest absolute Gasteiger partial charge is 0.145 e. The first-order valence-electron chi connectivity index (χ1n) is 6.67. The monoisotopic (exact) mass is 303 g/mol. The van der Waals surface area contributed by atoms with E-state index >= 15 is 0 Å². The van der Waals surface area contributed by atoms with Crippen molar-refractivity contribution in [2.45, 2.75) is 31.1 Å². The van der Waals surface area contributed by atoms with Crippen molar-refractivity contribution < 1.29 is 19.7 Å². The van der Waals surface area contributed by atoms with Gasteiger partial charge in [0.2, 0.25) is 0 Å². The Morgan fingerprint density at radius 1 is 1.30 bits per heavy atom. The van der Waals surface area contributed by atoms with E-state index in [0.717, 1.165) is 0 Å². The summed E-state index contributed by atoms with van der Waals surface area (Å²) < 4.78 is 13.8. The van der Waals surface area contributed by atoms with Crippen LogP contribution in [-0.4, -0.2) is 58.2 Å². The fourth-order valence-electron chi connectivity index (χ4n) is 2.57. The minimum absolute atomic E-state index is 0.0929. The van der Waals surface area contributed by atoms with Gasteiger partial charge in [-0.15, -0.1) is 0 Å². The van der Waals surface area contributed by atoms with Crippen LogP contribution in [0.1, 0.15) is 12.0 Å². The molecule has 4 nitrogen and oxygen atoms in total. The molecule has 1 aliphatic rings. The quantitative estimate of drug-likeness (QED) is 0.770. The van der Waals surface area contributed by atoms with Crippen molar-refractivity contribution in [3.8, 4) is 0 Å². The Balaban J connectivity index is 2.00. The number of β-amino-alcohol motifs (C(OH)–C–C–N with tert-alkyl or cyclic N) is 1. The van der Waals surface area contributed by atoms with Gasteiger partial charge in [-0.05, 0) is 24.5 Å². The van der Waals surface area contributed by atoms with E-state index in [0.29, 0.717) is 24.9 Å². The average Bonchev–Trinajstić information content (AvgIpc) is 2.43. The standard InChI is InChI=1S/C14H19ClFNO3/c15-11-3-1-2-9(14(11)16)4-5-17-7-13(20)12(19)6-10(17)8-18/h1-3,10,12-13,18-20H,4-8H2/t10-,12?,13+/m1/s1. The van der Waals surface area contributed by atoms with E-state index in [9.17, 15) is 19.7 Å². The third-order valence-electron chi connectivity index (χ3n) is 3.81. The number of nitrogens with zero attached hydrogens (tertiary/aromatic N) is 1. The number of hydrogen-bond acceptors (Lipinski definition) is 4. The molecule has 0 aromatic heterocycles. The topological polar surface area (TPSA) is 63.9 Å². The molecule has 3 N–H and O–H groups in total. The van der Waals surface area contributed by atoms with Crippen LogP contribution in [0.2, 0.25) is 5.02 Å². The molecule has 0 bridgehead atoms. The lowest BCUT2D eigenvalue weighted by Crippen LogP contribution is -2.54. The van der Waals surface area contributed by atoms with Crippen molar-refractivity contribution in [1.82, 2.24) is 4.90 Å². The summed E-state index contributed by atoms with van der Waals surface area (Å²) in [6, 6.07) is 4.65. The van der Waals surface area contributed by atoms with E-state index in [2.05, 4.69) is 0 Å². The summed E-state index contributed by atoms with van der Waals surface area (Å²) in [6.45, 7) is 0.669. The molecule has 2 rings (SSSR count). The number of rotatable bonds is 4. The van der Waals surface area contributed by atoms with E-state index in [1.165, 1.54) is 6.07 Å². The van der Waals surface area contributed by atoms with Gasteiger partial charge in [-0.2, -0.15) is 0 Å². The number of aliphatic hydroxyl groups excluding tert-OH is 3. The van der Waals surface area contributed by atoms with Crippen LogP contribution in [0.15, 0.2) is 18.2 Å². The first kappa shape index (κ1) is 15.7. The van der Waals surface area contributed by atoms with Crippen LogP contribution in [0.5, 0.6) is 0 Å². The van der Waals surface area contributed by atoms with Gasteiger partial charge >= 0.3 is 0 Å². The number of halogens is 2. The fraction of sp³-hybridized carbons (Fsp3) is 0.571. The summed E-state index contributed by atoms with van der Waals surface area (Å²) in [5.74, 6) is -0.424. The van der Waals surface area contributed by atoms with Crippen molar-refractivity contribution in [2.75, 3.05) is 19.7 Å². The maximum absolute atomic E-state index is 13.8. The molecule has 1 aliphatic heterocycles. The van der Waals surface area contributed by atoms with Crippen molar-refractivity contribution in [1.29, 1.82) is 0 Å². The number of benzene rings is 1. The number of likely N-dealkylation sites (tertiary alicyclic amines) is 1. The number of aliphatic hydroxyl groups is 3. The predicted molar refractivity (Wildman–Crippen MR) is 74.2 cm³/mol. The summed E-state index contributed by atoms with van der Waals surface area (Å²) in [6.07, 6.45) is -0.894. The average molecular weight is 304 g/mol. The van der Waals surface area contributed by atoms with Gasteiger partial charge in [-0.1, -0.05) is 23.7 Å². The Morgan fingerprint density at radius 3 is 2.75 bits per heavy atom. The minimum Gasteiger partial charge on any atom is -0.395 e. The molecule has 0 radical (unpaired) electrons. The number of piperidine rings is 1. The summed E-state index contributed by atoms with van der Waals surface area (Å²) >= 11 is 5.73. The van der Waals surface area contributed by atoms with E-state index in [1.807, 2.05) is 4.90 Å². The lowest BCUT2D eigenvalue weighted by atomic mass is 9.97. The van der Waals surface area contributed by atoms with Crippen LogP contribution in [-0.2, 0) is 6.42 Å². The van der Waals surface area contributed by atoms with E-state index in [-0.39, 0.29) is 24.2 Å². The SMILES string of the molecule is OC[C@H]1CC(O)[C@@H](O)CN1CCc1cccc(Cl)c1F. The highest BCUT2D eigenvalue weighted by Gasteiger charge is 2.32. The van der Waals surface area contributed by atoms with Gasteiger partial charge in [0.05, 0.1) is 23.8 Å². The minimum atomic E-state index is -0.831. The Morgan fingerprint density at radius 2 is 2.05 bits per heavy atom. The predicted octanol–water partition coefficient (Wildman–Crippen LogP) is 0.810. The molecule has 0 spiro atoms. The van der Waals surface area contributed by atoms with Crippen LogP contribution >= 0.6 is 11.6 Å². The Hall–Kier alpha value is -0.720. The molecule has 0 aliphatic carbocycles. The first-order chi connectivity index (χ1) is 9.52. The molecule has 0 amide bonds. The van der Waals surface area contributed by atoms with Crippen LogP contribution in [0.4, 0.5) is 4.39 Å². The van der Waals surface area contributed by atoms with Crippen LogP contribution in [0.3, 0.4) is 0 Å². The van der Waals surface area contributed by atoms with Gasteiger partial charge in [0.15, 0.2) is 0 Å². The van der Waals surface area contributed by atoms with Gasteiger partial charge in [0.25, 0.3) is 0 Å². The Bertz CT molecular complexity index is 460. The molecule has 3 atom stereocenters. The highest BCUT2D eigenvalue weighted by molar-refractivity contribution is 6.30. The second kappa shape index (κ2) is 6.83. The molecular formula is C14H19ClFNO3. The molecule has 0 saturated carbocycles. The van der Waals surface area contributed by atoms with Crippen molar-refractivity contribution in [3.05, 3.63) is 34.6 Å². The fourth-order valence-corrected chi connectivity index (χ4v) is 2.76. The number of hydrogen-bond donors (Lipinski definition) is 3. The van der Waals surface area contributed by atoms with Crippen LogP contribution < -0.4 is 0 Å². The Kier molecular flexibility index (Phi) is 5.35. The zero-order chi connectivity index (χ0) is 14.7. The van der Waals surface area contributed by atoms with Gasteiger partial charge in [-0.3, -0.25) is 4.90 Å². The van der Waals surface area contributed by atoms with Crippen molar-refractivity contribution >= 4 is 11.6 Å². The molecule has 20 heavy (non-hydrogen) atoms. The zero-order valence-electron chi connectivity index (χ0n) is 11.0. The molecule has 1 fully saturated rings. The summed E-state index contributed by atoms with van der Waals surface area (Å²) in [4.78, 5) is 1.87. The van der Waals surface area contributed by atoms with Gasteiger partial charge < -0.3 is 15.3 Å². The molecular weight excluding hydrogens is 285 g/mol. The van der Waals surface area contributed by atoms with Crippen LogP contribution in [0, 0.1) is 5.82 Å². The van der Waals surface area contributed by atoms with Gasteiger partial charge in [-0.25, -0.2) is 4.39 Å². The van der Waals surface area contributed by atoms with Crippen molar-refractivity contribution in [2.24, 2.45) is 0 Å². The largest absolute Gasteiger partial charge is 0.395 e. The second-order valence-electron chi connectivity index (χ2n) is 5.16. The Labute approximate surface area is 122 Å². The third-order valence-corrected chi connectivity index (χ3v) is 4.10. The highest BCUT2D eigenvalue weighted by Crippen LogP contribution is 2.21. The van der Waals surface area contributed by atoms with E-state index in [1.54, 1.807) is 12.1 Å². The maximum Gasteiger partial charge on any atom is 0.145 e. The lowest BCUT2D eigenvalue weighted by Gasteiger charge is -2.39. The summed E-state index contributed by atoms with van der Waals surface area (Å²) in [5.41, 5.74) is 0.509. The summed E-state index contributed by atoms with van der Waals surface area (Å²) in [5, 5.41) is 28.7. The highest BCUT2D eigenvalue weighted by atomic mass is 35.5. The van der Waals surface area contributed by atoms with E-state index < -0.39 is 18.0 Å². The van der Waals surface area contributed by atoms with Crippen LogP contribution in [0.25, 0.3) is 0 Å². The zero-order valence-corrected chi connectivity index (χ0v) is 11.8. The maximum atomic E-state index is 13.8. The second-order valence-corrected chi connectivity index (χ2v) is 5.57. The molecule has 1 aromatic rings. The van der Waals surface area contributed by atoms with Gasteiger partial charge in [0.1, 0.15) is 5.82 Å². The lowest BCUT2D eigenvalue weighted by molar-refractivity contribution is -0.0704. The molecule has 1 heterocycles. The van der Waals surface area contributed by atoms with Gasteiger partial charge in [0, 0.05) is 19.1 Å². The normalized spacial score (nSPS) is 27.8.